The molecule has 9 nitrogen and oxygen atoms in total. The van der Waals surface area contributed by atoms with Crippen LogP contribution in [0.5, 0.6) is 0 Å². The van der Waals surface area contributed by atoms with Gasteiger partial charge in [0.05, 0.1) is 6.61 Å². The van der Waals surface area contributed by atoms with E-state index in [4.69, 9.17) is 16.2 Å². The van der Waals surface area contributed by atoms with Crippen molar-refractivity contribution in [3.8, 4) is 0 Å². The molecule has 9 heteroatoms. The highest BCUT2D eigenvalue weighted by Gasteiger charge is 2.52. The van der Waals surface area contributed by atoms with Crippen molar-refractivity contribution in [1.29, 1.82) is 0 Å². The van der Waals surface area contributed by atoms with Crippen molar-refractivity contribution >= 4 is 11.9 Å². The van der Waals surface area contributed by atoms with E-state index < -0.39 is 29.9 Å². The summed E-state index contributed by atoms with van der Waals surface area (Å²) in [5.41, 5.74) is 9.51. The number of ether oxygens (including phenoxy) is 1. The van der Waals surface area contributed by atoms with Crippen LogP contribution < -0.4 is 16.8 Å². The molecule has 1 saturated heterocycles. The van der Waals surface area contributed by atoms with Gasteiger partial charge in [0.15, 0.2) is 6.23 Å². The van der Waals surface area contributed by atoms with Crippen molar-refractivity contribution in [3.05, 3.63) is 35.9 Å². The fourth-order valence-electron chi connectivity index (χ4n) is 2.87. The number of carbonyl (C=O) groups excluding carboxylic acids is 1. The summed E-state index contributed by atoms with van der Waals surface area (Å²) >= 11 is 0. The molecular weight excluding hydrogens is 328 g/mol. The standard InChI is InChI=1S/C16H24N4O5/c17-6-7-20-8-9-25-15(16(20,24)14(18)23)19-12(13(21)22)10-11-4-2-1-3-5-11/h1-5,12,15,19,24H,6-10,17H2,(H2,18,23)(H,21,22)/t12-,15?,16?/m0/s1. The third-order valence-corrected chi connectivity index (χ3v) is 4.19. The molecule has 2 rings (SSSR count). The van der Waals surface area contributed by atoms with Gasteiger partial charge in [0.25, 0.3) is 5.91 Å². The van der Waals surface area contributed by atoms with E-state index in [2.05, 4.69) is 5.32 Å². The number of carboxylic acid groups (broad SMARTS) is 1. The van der Waals surface area contributed by atoms with Crippen molar-refractivity contribution in [1.82, 2.24) is 10.2 Å². The Balaban J connectivity index is 2.20. The van der Waals surface area contributed by atoms with Crippen LogP contribution in [0.15, 0.2) is 30.3 Å². The fraction of sp³-hybridized carbons (Fsp3) is 0.500. The first-order chi connectivity index (χ1) is 11.9. The molecule has 0 aromatic heterocycles. The number of carboxylic acids is 1. The number of aliphatic carboxylic acids is 1. The van der Waals surface area contributed by atoms with Gasteiger partial charge >= 0.3 is 5.97 Å². The minimum atomic E-state index is -2.18. The normalized spacial score (nSPS) is 25.4. The van der Waals surface area contributed by atoms with E-state index in [1.54, 1.807) is 24.3 Å². The van der Waals surface area contributed by atoms with Crippen LogP contribution in [0.4, 0.5) is 0 Å². The maximum absolute atomic E-state index is 11.9. The third kappa shape index (κ3) is 4.33. The number of hydrogen-bond acceptors (Lipinski definition) is 7. The highest BCUT2D eigenvalue weighted by molar-refractivity contribution is 5.83. The number of nitrogens with zero attached hydrogens (tertiary/aromatic N) is 1. The van der Waals surface area contributed by atoms with E-state index in [-0.39, 0.29) is 32.7 Å². The number of carbonyl (C=O) groups is 2. The number of rotatable bonds is 8. The maximum atomic E-state index is 11.9. The topological polar surface area (TPSA) is 151 Å². The predicted octanol–water partition coefficient (Wildman–Crippen LogP) is -1.94. The first-order valence-corrected chi connectivity index (χ1v) is 8.01. The SMILES string of the molecule is NCCN1CCOC(N[C@@H](Cc2ccccc2)C(=O)O)C1(O)C(N)=O. The van der Waals surface area contributed by atoms with E-state index in [0.717, 1.165) is 5.56 Å². The minimum Gasteiger partial charge on any atom is -0.480 e. The summed E-state index contributed by atoms with van der Waals surface area (Å²) in [5.74, 6) is -2.16. The lowest BCUT2D eigenvalue weighted by Crippen LogP contribution is -2.73. The summed E-state index contributed by atoms with van der Waals surface area (Å²) in [6, 6.07) is 7.94. The average molecular weight is 352 g/mol. The molecule has 0 radical (unpaired) electrons. The monoisotopic (exact) mass is 352 g/mol. The summed E-state index contributed by atoms with van der Waals surface area (Å²) in [4.78, 5) is 24.9. The lowest BCUT2D eigenvalue weighted by Gasteiger charge is -2.46. The molecule has 0 bridgehead atoms. The largest absolute Gasteiger partial charge is 0.480 e. The highest BCUT2D eigenvalue weighted by atomic mass is 16.5. The van der Waals surface area contributed by atoms with Crippen LogP contribution in [0.25, 0.3) is 0 Å². The van der Waals surface area contributed by atoms with E-state index in [0.29, 0.717) is 0 Å². The fourth-order valence-corrected chi connectivity index (χ4v) is 2.87. The van der Waals surface area contributed by atoms with Gasteiger partial charge in [-0.05, 0) is 12.0 Å². The number of nitrogens with two attached hydrogens (primary N) is 2. The molecule has 138 valence electrons. The lowest BCUT2D eigenvalue weighted by molar-refractivity contribution is -0.235. The number of nitrogens with one attached hydrogen (secondary N) is 1. The Morgan fingerprint density at radius 2 is 2.08 bits per heavy atom. The molecule has 2 unspecified atom stereocenters. The van der Waals surface area contributed by atoms with Crippen LogP contribution in [0.3, 0.4) is 0 Å². The van der Waals surface area contributed by atoms with Gasteiger partial charge in [0.1, 0.15) is 6.04 Å². The number of aliphatic hydroxyl groups is 1. The molecule has 0 aliphatic carbocycles. The Kier molecular flexibility index (Phi) is 6.45. The van der Waals surface area contributed by atoms with Gasteiger partial charge in [-0.3, -0.25) is 19.8 Å². The molecule has 3 atom stereocenters. The van der Waals surface area contributed by atoms with E-state index in [1.807, 2.05) is 6.07 Å². The van der Waals surface area contributed by atoms with Gasteiger partial charge in [0.2, 0.25) is 5.72 Å². The summed E-state index contributed by atoms with van der Waals surface area (Å²) in [7, 11) is 0. The van der Waals surface area contributed by atoms with E-state index in [9.17, 15) is 19.8 Å². The zero-order valence-corrected chi connectivity index (χ0v) is 13.8. The van der Waals surface area contributed by atoms with Gasteiger partial charge in [0, 0.05) is 19.6 Å². The summed E-state index contributed by atoms with van der Waals surface area (Å²) in [5, 5.41) is 23.0. The molecule has 1 aliphatic rings. The first kappa shape index (κ1) is 19.3. The average Bonchev–Trinajstić information content (AvgIpc) is 2.58. The third-order valence-electron chi connectivity index (χ3n) is 4.19. The van der Waals surface area contributed by atoms with Crippen LogP contribution >= 0.6 is 0 Å². The zero-order valence-electron chi connectivity index (χ0n) is 13.8. The van der Waals surface area contributed by atoms with Gasteiger partial charge in [-0.1, -0.05) is 30.3 Å². The number of primary amides is 1. The smallest absolute Gasteiger partial charge is 0.321 e. The van der Waals surface area contributed by atoms with Crippen molar-refractivity contribution in [3.63, 3.8) is 0 Å². The van der Waals surface area contributed by atoms with Crippen LogP contribution in [-0.2, 0) is 20.7 Å². The Labute approximate surface area is 145 Å². The Hall–Kier alpha value is -2.04. The van der Waals surface area contributed by atoms with Gasteiger partial charge in [-0.15, -0.1) is 0 Å². The molecule has 1 aromatic carbocycles. The molecule has 1 amide bonds. The molecular formula is C16H24N4O5. The second-order valence-corrected chi connectivity index (χ2v) is 5.86. The Bertz CT molecular complexity index is 597. The van der Waals surface area contributed by atoms with Crippen molar-refractivity contribution in [2.75, 3.05) is 26.2 Å². The predicted molar refractivity (Wildman–Crippen MR) is 89.2 cm³/mol. The summed E-state index contributed by atoms with van der Waals surface area (Å²) < 4.78 is 5.44. The Morgan fingerprint density at radius 3 is 2.64 bits per heavy atom. The van der Waals surface area contributed by atoms with Crippen molar-refractivity contribution < 1.29 is 24.5 Å². The van der Waals surface area contributed by atoms with Gasteiger partial charge in [-0.2, -0.15) is 0 Å². The number of hydrogen-bond donors (Lipinski definition) is 5. The van der Waals surface area contributed by atoms with Crippen molar-refractivity contribution in [2.45, 2.75) is 24.4 Å². The summed E-state index contributed by atoms with van der Waals surface area (Å²) in [6.07, 6.45) is -1.13. The molecule has 0 saturated carbocycles. The van der Waals surface area contributed by atoms with E-state index in [1.165, 1.54) is 4.90 Å². The molecule has 1 aliphatic heterocycles. The summed E-state index contributed by atoms with van der Waals surface area (Å²) in [6.45, 7) is 0.877. The molecule has 25 heavy (non-hydrogen) atoms. The molecule has 7 N–H and O–H groups in total. The first-order valence-electron chi connectivity index (χ1n) is 8.01. The van der Waals surface area contributed by atoms with Gasteiger partial charge < -0.3 is 26.4 Å². The number of morpholine rings is 1. The highest BCUT2D eigenvalue weighted by Crippen LogP contribution is 2.23. The van der Waals surface area contributed by atoms with E-state index >= 15 is 0 Å². The Morgan fingerprint density at radius 1 is 1.40 bits per heavy atom. The zero-order chi connectivity index (χ0) is 18.4. The van der Waals surface area contributed by atoms with Crippen LogP contribution in [0.2, 0.25) is 0 Å². The lowest BCUT2D eigenvalue weighted by atomic mass is 10.0. The van der Waals surface area contributed by atoms with Crippen LogP contribution in [-0.4, -0.2) is 71.2 Å². The maximum Gasteiger partial charge on any atom is 0.321 e. The molecule has 1 fully saturated rings. The van der Waals surface area contributed by atoms with Crippen molar-refractivity contribution in [2.24, 2.45) is 11.5 Å². The molecule has 1 heterocycles. The second kappa shape index (κ2) is 8.37. The number of amides is 1. The molecule has 0 spiro atoms. The van der Waals surface area contributed by atoms with Crippen LogP contribution in [0, 0.1) is 0 Å². The minimum absolute atomic E-state index is 0.155. The second-order valence-electron chi connectivity index (χ2n) is 5.86. The van der Waals surface area contributed by atoms with Gasteiger partial charge in [-0.25, -0.2) is 0 Å². The quantitative estimate of drug-likeness (QED) is 0.362. The molecule has 1 aromatic rings. The van der Waals surface area contributed by atoms with Crippen LogP contribution in [0.1, 0.15) is 5.56 Å². The number of benzene rings is 1.